The third-order valence-electron chi connectivity index (χ3n) is 2.36. The zero-order valence-corrected chi connectivity index (χ0v) is 10.3. The van der Waals surface area contributed by atoms with Gasteiger partial charge in [0, 0.05) is 5.56 Å². The number of ether oxygens (including phenoxy) is 1. The van der Waals surface area contributed by atoms with Crippen LogP contribution < -0.4 is 10.2 Å². The Morgan fingerprint density at radius 3 is 2.55 bits per heavy atom. The maximum atomic E-state index is 13.1. The molecule has 0 bridgehead atoms. The Labute approximate surface area is 113 Å². The summed E-state index contributed by atoms with van der Waals surface area (Å²) in [6.45, 7) is -2.98. The lowest BCUT2D eigenvalue weighted by Crippen LogP contribution is -2.05. The van der Waals surface area contributed by atoms with Crippen molar-refractivity contribution in [3.8, 4) is 5.75 Å². The molecule has 20 heavy (non-hydrogen) atoms. The van der Waals surface area contributed by atoms with Crippen molar-refractivity contribution in [2.24, 2.45) is 5.10 Å². The molecule has 6 heteroatoms. The van der Waals surface area contributed by atoms with Crippen molar-refractivity contribution in [3.05, 3.63) is 59.9 Å². The molecule has 0 saturated carbocycles. The monoisotopic (exact) mass is 280 g/mol. The largest absolute Gasteiger partial charge is 0.434 e. The highest BCUT2D eigenvalue weighted by Gasteiger charge is 2.09. The Hall–Kier alpha value is -2.50. The van der Waals surface area contributed by atoms with E-state index in [1.165, 1.54) is 6.21 Å². The third-order valence-corrected chi connectivity index (χ3v) is 2.36. The highest BCUT2D eigenvalue weighted by Crippen LogP contribution is 2.20. The van der Waals surface area contributed by atoms with Crippen LogP contribution in [0.4, 0.5) is 18.9 Å². The number of para-hydroxylation sites is 1. The SMILES string of the molecule is Fc1ccc(OC(F)F)c(C=NNc2ccccc2)c1. The van der Waals surface area contributed by atoms with Gasteiger partial charge in [0.1, 0.15) is 11.6 Å². The molecule has 0 heterocycles. The normalized spacial score (nSPS) is 11.0. The van der Waals surface area contributed by atoms with Crippen LogP contribution in [-0.2, 0) is 0 Å². The molecule has 2 aromatic rings. The van der Waals surface area contributed by atoms with Crippen molar-refractivity contribution in [1.82, 2.24) is 0 Å². The van der Waals surface area contributed by atoms with Crippen LogP contribution in [0.15, 0.2) is 53.6 Å². The van der Waals surface area contributed by atoms with Gasteiger partial charge in [0.15, 0.2) is 0 Å². The van der Waals surface area contributed by atoms with Crippen LogP contribution in [0.1, 0.15) is 5.56 Å². The van der Waals surface area contributed by atoms with E-state index in [0.717, 1.165) is 23.9 Å². The number of benzene rings is 2. The smallest absolute Gasteiger partial charge is 0.387 e. The summed E-state index contributed by atoms with van der Waals surface area (Å²) in [6, 6.07) is 12.3. The number of rotatable bonds is 5. The molecular formula is C14H11F3N2O. The number of hydrogen-bond acceptors (Lipinski definition) is 3. The summed E-state index contributed by atoms with van der Waals surface area (Å²) in [5.41, 5.74) is 3.54. The first-order chi connectivity index (χ1) is 9.65. The predicted octanol–water partition coefficient (Wildman–Crippen LogP) is 3.87. The summed E-state index contributed by atoms with van der Waals surface area (Å²) in [5.74, 6) is -0.701. The molecule has 0 aromatic heterocycles. The summed E-state index contributed by atoms with van der Waals surface area (Å²) in [6.07, 6.45) is 1.22. The summed E-state index contributed by atoms with van der Waals surface area (Å²) < 4.78 is 41.8. The standard InChI is InChI=1S/C14H11F3N2O/c15-11-6-7-13(20-14(16)17)10(8-11)9-18-19-12-4-2-1-3-5-12/h1-9,14,19H. The zero-order chi connectivity index (χ0) is 14.4. The minimum absolute atomic E-state index is 0.119. The van der Waals surface area contributed by atoms with E-state index in [0.29, 0.717) is 0 Å². The minimum atomic E-state index is -2.98. The molecule has 0 unspecified atom stereocenters. The lowest BCUT2D eigenvalue weighted by atomic mass is 10.2. The Kier molecular flexibility index (Phi) is 4.60. The molecule has 1 N–H and O–H groups in total. The van der Waals surface area contributed by atoms with Gasteiger partial charge in [-0.25, -0.2) is 4.39 Å². The fourth-order valence-corrected chi connectivity index (χ4v) is 1.51. The first-order valence-corrected chi connectivity index (χ1v) is 5.73. The quantitative estimate of drug-likeness (QED) is 0.666. The highest BCUT2D eigenvalue weighted by atomic mass is 19.3. The van der Waals surface area contributed by atoms with E-state index in [2.05, 4.69) is 15.3 Å². The molecule has 0 saturated heterocycles. The second-order valence-corrected chi connectivity index (χ2v) is 3.80. The van der Waals surface area contributed by atoms with E-state index in [-0.39, 0.29) is 11.3 Å². The van der Waals surface area contributed by atoms with Crippen LogP contribution in [0.2, 0.25) is 0 Å². The van der Waals surface area contributed by atoms with Crippen molar-refractivity contribution >= 4 is 11.9 Å². The van der Waals surface area contributed by atoms with Gasteiger partial charge in [-0.1, -0.05) is 18.2 Å². The van der Waals surface area contributed by atoms with Crippen molar-refractivity contribution < 1.29 is 17.9 Å². The molecule has 0 fully saturated rings. The molecule has 2 aromatic carbocycles. The summed E-state index contributed by atoms with van der Waals surface area (Å²) in [4.78, 5) is 0. The van der Waals surface area contributed by atoms with Crippen LogP contribution in [0, 0.1) is 5.82 Å². The van der Waals surface area contributed by atoms with Gasteiger partial charge in [0.25, 0.3) is 0 Å². The van der Waals surface area contributed by atoms with E-state index >= 15 is 0 Å². The Morgan fingerprint density at radius 2 is 1.85 bits per heavy atom. The number of anilines is 1. The van der Waals surface area contributed by atoms with Crippen LogP contribution >= 0.6 is 0 Å². The molecule has 0 atom stereocenters. The third kappa shape index (κ3) is 4.01. The molecule has 0 radical (unpaired) electrons. The van der Waals surface area contributed by atoms with Gasteiger partial charge >= 0.3 is 6.61 Å². The number of halogens is 3. The highest BCUT2D eigenvalue weighted by molar-refractivity contribution is 5.84. The summed E-state index contributed by atoms with van der Waals surface area (Å²) in [7, 11) is 0. The topological polar surface area (TPSA) is 33.6 Å². The molecule has 3 nitrogen and oxygen atoms in total. The van der Waals surface area contributed by atoms with Gasteiger partial charge in [0.2, 0.25) is 0 Å². The molecule has 0 aliphatic carbocycles. The van der Waals surface area contributed by atoms with Gasteiger partial charge in [-0.2, -0.15) is 13.9 Å². The number of hydrogen-bond donors (Lipinski definition) is 1. The molecule has 104 valence electrons. The molecular weight excluding hydrogens is 269 g/mol. The molecule has 0 amide bonds. The van der Waals surface area contributed by atoms with Crippen molar-refractivity contribution in [3.63, 3.8) is 0 Å². The van der Waals surface area contributed by atoms with Crippen LogP contribution in [0.5, 0.6) is 5.75 Å². The number of nitrogens with one attached hydrogen (secondary N) is 1. The van der Waals surface area contributed by atoms with Gasteiger partial charge in [-0.05, 0) is 30.3 Å². The van der Waals surface area contributed by atoms with Crippen LogP contribution in [-0.4, -0.2) is 12.8 Å². The Bertz CT molecular complexity index is 588. The number of hydrazone groups is 1. The van der Waals surface area contributed by atoms with Gasteiger partial charge in [0.05, 0.1) is 11.9 Å². The zero-order valence-electron chi connectivity index (χ0n) is 10.3. The lowest BCUT2D eigenvalue weighted by Gasteiger charge is -2.07. The molecule has 0 aliphatic rings. The predicted molar refractivity (Wildman–Crippen MR) is 70.7 cm³/mol. The van der Waals surface area contributed by atoms with E-state index < -0.39 is 12.4 Å². The first kappa shape index (κ1) is 13.9. The fraction of sp³-hybridized carbons (Fsp3) is 0.0714. The van der Waals surface area contributed by atoms with E-state index in [9.17, 15) is 13.2 Å². The van der Waals surface area contributed by atoms with Crippen molar-refractivity contribution in [2.45, 2.75) is 6.61 Å². The maximum absolute atomic E-state index is 13.1. The minimum Gasteiger partial charge on any atom is -0.434 e. The average Bonchev–Trinajstić information content (AvgIpc) is 2.42. The van der Waals surface area contributed by atoms with Crippen LogP contribution in [0.3, 0.4) is 0 Å². The Morgan fingerprint density at radius 1 is 1.10 bits per heavy atom. The van der Waals surface area contributed by atoms with Crippen LogP contribution in [0.25, 0.3) is 0 Å². The molecule has 0 spiro atoms. The second kappa shape index (κ2) is 6.60. The second-order valence-electron chi connectivity index (χ2n) is 3.80. The van der Waals surface area contributed by atoms with E-state index in [4.69, 9.17) is 0 Å². The first-order valence-electron chi connectivity index (χ1n) is 5.73. The fourth-order valence-electron chi connectivity index (χ4n) is 1.51. The van der Waals surface area contributed by atoms with Gasteiger partial charge in [-0.3, -0.25) is 5.43 Å². The summed E-state index contributed by atoms with van der Waals surface area (Å²) in [5, 5.41) is 3.85. The molecule has 0 aliphatic heterocycles. The van der Waals surface area contributed by atoms with E-state index in [1.807, 2.05) is 18.2 Å². The Balaban J connectivity index is 2.13. The molecule has 2 rings (SSSR count). The van der Waals surface area contributed by atoms with Gasteiger partial charge < -0.3 is 4.74 Å². The number of nitrogens with zero attached hydrogens (tertiary/aromatic N) is 1. The lowest BCUT2D eigenvalue weighted by molar-refractivity contribution is -0.0499. The van der Waals surface area contributed by atoms with Gasteiger partial charge in [-0.15, -0.1) is 0 Å². The van der Waals surface area contributed by atoms with E-state index in [1.54, 1.807) is 12.1 Å². The van der Waals surface area contributed by atoms with Crippen molar-refractivity contribution in [2.75, 3.05) is 5.43 Å². The summed E-state index contributed by atoms with van der Waals surface area (Å²) >= 11 is 0. The van der Waals surface area contributed by atoms with Crippen molar-refractivity contribution in [1.29, 1.82) is 0 Å². The number of alkyl halides is 2. The maximum Gasteiger partial charge on any atom is 0.387 e. The average molecular weight is 280 g/mol.